The van der Waals surface area contributed by atoms with E-state index in [1.54, 1.807) is 12.4 Å². The maximum Gasteiger partial charge on any atom is 0.261 e. The topological polar surface area (TPSA) is 27.1 Å². The van der Waals surface area contributed by atoms with Crippen molar-refractivity contribution in [2.75, 3.05) is 6.61 Å². The van der Waals surface area contributed by atoms with Gasteiger partial charge in [-0.1, -0.05) is 81.4 Å². The summed E-state index contributed by atoms with van der Waals surface area (Å²) in [4.78, 5) is 4.36. The molecule has 0 bridgehead atoms. The van der Waals surface area contributed by atoms with Crippen molar-refractivity contribution in [1.82, 2.24) is 9.55 Å². The number of aromatic nitrogens is 2. The molecule has 4 aromatic rings. The first-order valence-corrected chi connectivity index (χ1v) is 13.1. The largest absolute Gasteiger partial charge is 0.406 e. The van der Waals surface area contributed by atoms with Crippen LogP contribution >= 0.6 is 15.9 Å². The van der Waals surface area contributed by atoms with E-state index in [9.17, 15) is 4.39 Å². The fourth-order valence-corrected chi connectivity index (χ4v) is 9.17. The third-order valence-corrected chi connectivity index (χ3v) is 11.4. The van der Waals surface area contributed by atoms with Gasteiger partial charge < -0.3 is 8.99 Å². The molecular weight excluding hydrogens is 471 g/mol. The number of hydrogen-bond acceptors (Lipinski definition) is 2. The highest BCUT2D eigenvalue weighted by Crippen LogP contribution is 2.36. The molecule has 0 aliphatic rings. The van der Waals surface area contributed by atoms with Gasteiger partial charge in [0.05, 0.1) is 28.4 Å². The second kappa shape index (κ2) is 8.69. The lowest BCUT2D eigenvalue weighted by molar-refractivity contribution is 0.282. The van der Waals surface area contributed by atoms with Crippen LogP contribution in [0.1, 0.15) is 20.8 Å². The van der Waals surface area contributed by atoms with Gasteiger partial charge in [0, 0.05) is 12.6 Å². The Morgan fingerprint density at radius 3 is 2.10 bits per heavy atom. The van der Waals surface area contributed by atoms with Gasteiger partial charge in [-0.3, -0.25) is 0 Å². The predicted octanol–water partition coefficient (Wildman–Crippen LogP) is 5.51. The van der Waals surface area contributed by atoms with Gasteiger partial charge in [0.2, 0.25) is 0 Å². The summed E-state index contributed by atoms with van der Waals surface area (Å²) in [6.45, 7) is 7.98. The minimum absolute atomic E-state index is 0.0706. The quantitative estimate of drug-likeness (QED) is 0.329. The van der Waals surface area contributed by atoms with Crippen molar-refractivity contribution < 1.29 is 8.82 Å². The molecule has 0 amide bonds. The Labute approximate surface area is 192 Å². The molecule has 0 saturated carbocycles. The maximum atomic E-state index is 13.9. The van der Waals surface area contributed by atoms with Gasteiger partial charge in [0.25, 0.3) is 8.32 Å². The van der Waals surface area contributed by atoms with Crippen LogP contribution in [0.15, 0.2) is 83.6 Å². The maximum absolute atomic E-state index is 13.9. The molecule has 160 valence electrons. The van der Waals surface area contributed by atoms with Crippen molar-refractivity contribution in [1.29, 1.82) is 0 Å². The molecule has 1 heterocycles. The van der Waals surface area contributed by atoms with E-state index in [1.165, 1.54) is 16.4 Å². The minimum Gasteiger partial charge on any atom is -0.406 e. The summed E-state index contributed by atoms with van der Waals surface area (Å²) >= 11 is 3.28. The van der Waals surface area contributed by atoms with E-state index in [1.807, 2.05) is 16.7 Å². The zero-order valence-corrected chi connectivity index (χ0v) is 20.6. The molecule has 0 N–H and O–H groups in total. The molecule has 1 aromatic heterocycles. The van der Waals surface area contributed by atoms with Gasteiger partial charge in [0.15, 0.2) is 0 Å². The van der Waals surface area contributed by atoms with Crippen LogP contribution in [0.4, 0.5) is 4.39 Å². The first-order valence-electron chi connectivity index (χ1n) is 10.4. The summed E-state index contributed by atoms with van der Waals surface area (Å²) in [6, 6.07) is 24.4. The van der Waals surface area contributed by atoms with Crippen molar-refractivity contribution in [2.45, 2.75) is 32.4 Å². The Kier molecular flexibility index (Phi) is 6.15. The Morgan fingerprint density at radius 2 is 1.55 bits per heavy atom. The van der Waals surface area contributed by atoms with Gasteiger partial charge in [0.1, 0.15) is 5.82 Å². The number of rotatable bonds is 6. The van der Waals surface area contributed by atoms with E-state index in [-0.39, 0.29) is 10.9 Å². The minimum atomic E-state index is -2.57. The first-order chi connectivity index (χ1) is 14.8. The molecular formula is C25H26BrFN2OSi. The Morgan fingerprint density at radius 1 is 0.968 bits per heavy atom. The van der Waals surface area contributed by atoms with Crippen LogP contribution in [0.25, 0.3) is 11.0 Å². The van der Waals surface area contributed by atoms with E-state index in [2.05, 4.69) is 90.2 Å². The summed E-state index contributed by atoms with van der Waals surface area (Å²) in [5.74, 6) is -0.304. The van der Waals surface area contributed by atoms with Gasteiger partial charge in [-0.15, -0.1) is 0 Å². The number of imidazole rings is 1. The highest BCUT2D eigenvalue weighted by atomic mass is 79.9. The fraction of sp³-hybridized carbons (Fsp3) is 0.240. The number of hydrogen-bond donors (Lipinski definition) is 0. The van der Waals surface area contributed by atoms with Gasteiger partial charge >= 0.3 is 0 Å². The average molecular weight is 497 g/mol. The van der Waals surface area contributed by atoms with Crippen LogP contribution in [0, 0.1) is 5.82 Å². The van der Waals surface area contributed by atoms with Crippen LogP contribution in [0.3, 0.4) is 0 Å². The van der Waals surface area contributed by atoms with Crippen LogP contribution < -0.4 is 10.4 Å². The van der Waals surface area contributed by atoms with E-state index in [0.29, 0.717) is 23.1 Å². The summed E-state index contributed by atoms with van der Waals surface area (Å²) in [5.41, 5.74) is 1.53. The number of benzene rings is 3. The van der Waals surface area contributed by atoms with Crippen molar-refractivity contribution in [3.63, 3.8) is 0 Å². The number of halogens is 2. The molecule has 0 aliphatic carbocycles. The zero-order valence-electron chi connectivity index (χ0n) is 18.0. The average Bonchev–Trinajstić information content (AvgIpc) is 3.13. The summed E-state index contributed by atoms with van der Waals surface area (Å²) in [7, 11) is -2.57. The van der Waals surface area contributed by atoms with Crippen LogP contribution in [0.5, 0.6) is 0 Å². The SMILES string of the molecule is CC(C)(C)[Si](OCCn1cnc2cc(F)c(Br)cc21)(c1ccccc1)c1ccccc1. The molecule has 31 heavy (non-hydrogen) atoms. The normalized spacial score (nSPS) is 12.4. The lowest BCUT2D eigenvalue weighted by Gasteiger charge is -2.43. The molecule has 0 spiro atoms. The van der Waals surface area contributed by atoms with E-state index < -0.39 is 8.32 Å². The molecule has 0 fully saturated rings. The third-order valence-electron chi connectivity index (χ3n) is 5.73. The molecule has 3 aromatic carbocycles. The Balaban J connectivity index is 1.70. The number of fused-ring (bicyclic) bond motifs is 1. The molecule has 6 heteroatoms. The van der Waals surface area contributed by atoms with E-state index in [4.69, 9.17) is 4.43 Å². The molecule has 0 aliphatic heterocycles. The van der Waals surface area contributed by atoms with Crippen molar-refractivity contribution in [3.05, 3.63) is 89.4 Å². The lowest BCUT2D eigenvalue weighted by Crippen LogP contribution is -2.66. The molecule has 0 atom stereocenters. The smallest absolute Gasteiger partial charge is 0.261 e. The van der Waals surface area contributed by atoms with Crippen LogP contribution in [-0.2, 0) is 11.0 Å². The van der Waals surface area contributed by atoms with E-state index >= 15 is 0 Å². The predicted molar refractivity (Wildman–Crippen MR) is 131 cm³/mol. The number of nitrogens with zero attached hydrogens (tertiary/aromatic N) is 2. The van der Waals surface area contributed by atoms with E-state index in [0.717, 1.165) is 5.52 Å². The van der Waals surface area contributed by atoms with Gasteiger partial charge in [-0.05, 0) is 37.4 Å². The van der Waals surface area contributed by atoms with Crippen molar-refractivity contribution >= 4 is 45.7 Å². The highest BCUT2D eigenvalue weighted by Gasteiger charge is 2.50. The second-order valence-electron chi connectivity index (χ2n) is 8.70. The molecule has 0 saturated heterocycles. The lowest BCUT2D eigenvalue weighted by atomic mass is 10.2. The Hall–Kier alpha value is -2.28. The van der Waals surface area contributed by atoms with Crippen LogP contribution in [-0.4, -0.2) is 24.5 Å². The van der Waals surface area contributed by atoms with Crippen molar-refractivity contribution in [2.24, 2.45) is 0 Å². The summed E-state index contributed by atoms with van der Waals surface area (Å²) in [6.07, 6.45) is 1.76. The molecule has 4 rings (SSSR count). The van der Waals surface area contributed by atoms with Gasteiger partial charge in [-0.25, -0.2) is 9.37 Å². The molecule has 3 nitrogen and oxygen atoms in total. The van der Waals surface area contributed by atoms with Gasteiger partial charge in [-0.2, -0.15) is 0 Å². The van der Waals surface area contributed by atoms with Crippen LogP contribution in [0.2, 0.25) is 5.04 Å². The standard InChI is InChI=1S/C25H26BrFN2OSi/c1-25(2,3)31(19-10-6-4-7-11-19,20-12-8-5-9-13-20)30-15-14-29-18-28-23-17-22(27)21(26)16-24(23)29/h4-13,16-18H,14-15H2,1-3H3. The molecule has 0 unspecified atom stereocenters. The highest BCUT2D eigenvalue weighted by molar-refractivity contribution is 9.10. The molecule has 0 radical (unpaired) electrons. The first kappa shape index (κ1) is 21.9. The Bertz CT molecular complexity index is 1130. The summed E-state index contributed by atoms with van der Waals surface area (Å²) < 4.78 is 23.3. The monoisotopic (exact) mass is 496 g/mol. The fourth-order valence-electron chi connectivity index (χ4n) is 4.29. The third kappa shape index (κ3) is 4.12. The summed E-state index contributed by atoms with van der Waals surface area (Å²) in [5, 5.41) is 2.45. The zero-order chi connectivity index (χ0) is 22.1. The second-order valence-corrected chi connectivity index (χ2v) is 13.9. The van der Waals surface area contributed by atoms with Crippen molar-refractivity contribution in [3.8, 4) is 0 Å².